The highest BCUT2D eigenvalue weighted by molar-refractivity contribution is 5.83. The number of carbonyl (C=O) groups is 1. The summed E-state index contributed by atoms with van der Waals surface area (Å²) in [6.45, 7) is 3.51. The summed E-state index contributed by atoms with van der Waals surface area (Å²) in [6, 6.07) is 0. The molecule has 0 spiro atoms. The van der Waals surface area contributed by atoms with Crippen molar-refractivity contribution in [2.45, 2.75) is 44.8 Å². The lowest BCUT2D eigenvalue weighted by molar-refractivity contribution is -0.288. The smallest absolute Gasteiger partial charge is 0.177 e. The lowest BCUT2D eigenvalue weighted by atomic mass is 9.92. The number of hydrogen-bond acceptors (Lipinski definition) is 3. The second-order valence-corrected chi connectivity index (χ2v) is 4.13. The topological polar surface area (TPSA) is 35.5 Å². The monoisotopic (exact) mass is 198 g/mol. The van der Waals surface area contributed by atoms with Gasteiger partial charge in [-0.15, -0.1) is 0 Å². The number of ether oxygens (including phenoxy) is 2. The van der Waals surface area contributed by atoms with E-state index in [0.717, 1.165) is 38.9 Å². The van der Waals surface area contributed by atoms with Gasteiger partial charge in [0.05, 0.1) is 19.1 Å². The first kappa shape index (κ1) is 10.1. The largest absolute Gasteiger partial charge is 0.349 e. The van der Waals surface area contributed by atoms with Crippen LogP contribution in [0, 0.1) is 5.92 Å². The summed E-state index contributed by atoms with van der Waals surface area (Å²) in [5, 5.41) is 0. The second kappa shape index (κ2) is 3.99. The fourth-order valence-electron chi connectivity index (χ4n) is 2.52. The maximum absolute atomic E-state index is 11.7. The van der Waals surface area contributed by atoms with Gasteiger partial charge in [-0.25, -0.2) is 0 Å². The van der Waals surface area contributed by atoms with Crippen LogP contribution in [-0.2, 0) is 14.3 Å². The van der Waals surface area contributed by atoms with Gasteiger partial charge >= 0.3 is 0 Å². The molecule has 1 aliphatic carbocycles. The fourth-order valence-corrected chi connectivity index (χ4v) is 2.52. The number of rotatable bonds is 2. The summed E-state index contributed by atoms with van der Waals surface area (Å²) >= 11 is 0. The average Bonchev–Trinajstić information content (AvgIpc) is 2.66. The van der Waals surface area contributed by atoms with E-state index < -0.39 is 5.79 Å². The lowest BCUT2D eigenvalue weighted by Gasteiger charge is -2.40. The van der Waals surface area contributed by atoms with Gasteiger partial charge in [0.25, 0.3) is 0 Å². The first-order chi connectivity index (χ1) is 6.78. The minimum atomic E-state index is -0.578. The van der Waals surface area contributed by atoms with Crippen LogP contribution in [0.4, 0.5) is 0 Å². The van der Waals surface area contributed by atoms with E-state index in [1.54, 1.807) is 0 Å². The van der Waals surface area contributed by atoms with Gasteiger partial charge in [-0.1, -0.05) is 6.92 Å². The van der Waals surface area contributed by atoms with Crippen molar-refractivity contribution in [2.24, 2.45) is 5.92 Å². The molecule has 0 amide bonds. The first-order valence-electron chi connectivity index (χ1n) is 5.59. The van der Waals surface area contributed by atoms with E-state index in [1.165, 1.54) is 0 Å². The van der Waals surface area contributed by atoms with Gasteiger partial charge in [0.2, 0.25) is 0 Å². The molecule has 0 aromatic heterocycles. The third-order valence-corrected chi connectivity index (χ3v) is 3.31. The Morgan fingerprint density at radius 1 is 1.36 bits per heavy atom. The van der Waals surface area contributed by atoms with Gasteiger partial charge in [0.15, 0.2) is 5.79 Å². The Labute approximate surface area is 84.8 Å². The highest BCUT2D eigenvalue weighted by Crippen LogP contribution is 2.38. The molecule has 1 unspecified atom stereocenters. The molecule has 0 aromatic rings. The molecule has 2 fully saturated rings. The SMILES string of the molecule is CCC1(C2CCCC2=O)OCCCO1. The summed E-state index contributed by atoms with van der Waals surface area (Å²) in [7, 11) is 0. The van der Waals surface area contributed by atoms with Crippen molar-refractivity contribution in [2.75, 3.05) is 13.2 Å². The van der Waals surface area contributed by atoms with Crippen LogP contribution < -0.4 is 0 Å². The minimum Gasteiger partial charge on any atom is -0.349 e. The summed E-state index contributed by atoms with van der Waals surface area (Å²) in [4.78, 5) is 11.7. The minimum absolute atomic E-state index is 0.00667. The molecule has 14 heavy (non-hydrogen) atoms. The maximum atomic E-state index is 11.7. The molecule has 0 radical (unpaired) electrons. The van der Waals surface area contributed by atoms with Crippen molar-refractivity contribution >= 4 is 5.78 Å². The molecule has 3 heteroatoms. The molecule has 3 nitrogen and oxygen atoms in total. The van der Waals surface area contributed by atoms with Crippen LogP contribution in [0.25, 0.3) is 0 Å². The van der Waals surface area contributed by atoms with Gasteiger partial charge < -0.3 is 9.47 Å². The Hall–Kier alpha value is -0.410. The van der Waals surface area contributed by atoms with Crippen LogP contribution in [0.15, 0.2) is 0 Å². The zero-order valence-electron chi connectivity index (χ0n) is 8.75. The molecular formula is C11H18O3. The van der Waals surface area contributed by atoms with E-state index >= 15 is 0 Å². The van der Waals surface area contributed by atoms with E-state index in [-0.39, 0.29) is 5.92 Å². The lowest BCUT2D eigenvalue weighted by Crippen LogP contribution is -2.48. The Morgan fingerprint density at radius 3 is 2.57 bits per heavy atom. The van der Waals surface area contributed by atoms with Gasteiger partial charge in [-0.05, 0) is 25.7 Å². The number of hydrogen-bond donors (Lipinski definition) is 0. The van der Waals surface area contributed by atoms with Crippen LogP contribution in [0.5, 0.6) is 0 Å². The molecule has 2 aliphatic rings. The number of ketones is 1. The summed E-state index contributed by atoms with van der Waals surface area (Å²) in [6.07, 6.45) is 4.37. The van der Waals surface area contributed by atoms with Gasteiger partial charge in [0, 0.05) is 6.42 Å². The quantitative estimate of drug-likeness (QED) is 0.679. The summed E-state index contributed by atoms with van der Waals surface area (Å²) in [5.41, 5.74) is 0. The summed E-state index contributed by atoms with van der Waals surface area (Å²) in [5.74, 6) is -0.257. The molecule has 2 rings (SSSR count). The standard InChI is InChI=1S/C11H18O3/c1-2-11(13-7-4-8-14-11)9-5-3-6-10(9)12/h9H,2-8H2,1H3. The highest BCUT2D eigenvalue weighted by atomic mass is 16.7. The Bertz CT molecular complexity index is 219. The van der Waals surface area contributed by atoms with Crippen molar-refractivity contribution < 1.29 is 14.3 Å². The van der Waals surface area contributed by atoms with E-state index in [0.29, 0.717) is 12.2 Å². The Balaban J connectivity index is 2.13. The predicted molar refractivity (Wildman–Crippen MR) is 51.9 cm³/mol. The third kappa shape index (κ3) is 1.59. The molecule has 1 saturated carbocycles. The Morgan fingerprint density at radius 2 is 2.07 bits per heavy atom. The van der Waals surface area contributed by atoms with Crippen molar-refractivity contribution in [1.82, 2.24) is 0 Å². The van der Waals surface area contributed by atoms with Crippen LogP contribution in [-0.4, -0.2) is 24.8 Å². The molecule has 1 heterocycles. The van der Waals surface area contributed by atoms with Crippen LogP contribution in [0.2, 0.25) is 0 Å². The zero-order chi connectivity index (χ0) is 10.0. The van der Waals surface area contributed by atoms with Crippen molar-refractivity contribution in [3.05, 3.63) is 0 Å². The highest BCUT2D eigenvalue weighted by Gasteiger charge is 2.46. The van der Waals surface area contributed by atoms with E-state index in [1.807, 2.05) is 6.92 Å². The van der Waals surface area contributed by atoms with Crippen molar-refractivity contribution in [1.29, 1.82) is 0 Å². The number of carbonyl (C=O) groups excluding carboxylic acids is 1. The summed E-state index contributed by atoms with van der Waals surface area (Å²) < 4.78 is 11.5. The molecule has 0 bridgehead atoms. The second-order valence-electron chi connectivity index (χ2n) is 4.13. The Kier molecular flexibility index (Phi) is 2.88. The molecule has 1 aliphatic heterocycles. The normalized spacial score (nSPS) is 32.1. The van der Waals surface area contributed by atoms with E-state index in [2.05, 4.69) is 0 Å². The third-order valence-electron chi connectivity index (χ3n) is 3.31. The molecule has 1 atom stereocenters. The fraction of sp³-hybridized carbons (Fsp3) is 0.909. The molecule has 0 N–H and O–H groups in total. The van der Waals surface area contributed by atoms with Crippen molar-refractivity contribution in [3.63, 3.8) is 0 Å². The first-order valence-corrected chi connectivity index (χ1v) is 5.59. The van der Waals surface area contributed by atoms with E-state index in [9.17, 15) is 4.79 Å². The van der Waals surface area contributed by atoms with Crippen LogP contribution in [0.3, 0.4) is 0 Å². The maximum Gasteiger partial charge on any atom is 0.177 e. The van der Waals surface area contributed by atoms with Crippen molar-refractivity contribution in [3.8, 4) is 0 Å². The van der Waals surface area contributed by atoms with E-state index in [4.69, 9.17) is 9.47 Å². The van der Waals surface area contributed by atoms with Gasteiger partial charge in [-0.2, -0.15) is 0 Å². The number of Topliss-reactive ketones (excluding diaryl/α,β-unsaturated/α-hetero) is 1. The van der Waals surface area contributed by atoms with Crippen LogP contribution >= 0.6 is 0 Å². The predicted octanol–water partition coefficient (Wildman–Crippen LogP) is 1.90. The molecule has 1 saturated heterocycles. The molecular weight excluding hydrogens is 180 g/mol. The zero-order valence-corrected chi connectivity index (χ0v) is 8.75. The van der Waals surface area contributed by atoms with Gasteiger partial charge in [-0.3, -0.25) is 4.79 Å². The van der Waals surface area contributed by atoms with Crippen LogP contribution in [0.1, 0.15) is 39.0 Å². The molecule has 0 aromatic carbocycles. The van der Waals surface area contributed by atoms with Gasteiger partial charge in [0.1, 0.15) is 5.78 Å². The molecule has 80 valence electrons. The average molecular weight is 198 g/mol.